The molecule has 1 heterocycles. The van der Waals surface area contributed by atoms with E-state index in [1.54, 1.807) is 12.1 Å². The maximum absolute atomic E-state index is 12.0. The van der Waals surface area contributed by atoms with Crippen LogP contribution in [0.1, 0.15) is 38.2 Å². The number of likely N-dealkylation sites (tertiary alicyclic amines) is 1. The van der Waals surface area contributed by atoms with E-state index in [-0.39, 0.29) is 0 Å². The molecule has 3 N–H and O–H groups in total. The van der Waals surface area contributed by atoms with Gasteiger partial charge in [0.1, 0.15) is 0 Å². The summed E-state index contributed by atoms with van der Waals surface area (Å²) >= 11 is 0. The highest BCUT2D eigenvalue weighted by atomic mass is 16.3. The summed E-state index contributed by atoms with van der Waals surface area (Å²) in [7, 11) is 0. The number of nitrogens with zero attached hydrogens (tertiary/aromatic N) is 1. The molecule has 2 rings (SSSR count). The van der Waals surface area contributed by atoms with Crippen molar-refractivity contribution in [2.75, 3.05) is 18.4 Å². The first-order chi connectivity index (χ1) is 11.5. The average molecular weight is 334 g/mol. The Hall–Kier alpha value is -1.92. The van der Waals surface area contributed by atoms with Crippen LogP contribution in [0.2, 0.25) is 0 Å². The number of carbonyl (C=O) groups excluding carboxylic acids is 2. The lowest BCUT2D eigenvalue weighted by molar-refractivity contribution is -0.150. The van der Waals surface area contributed by atoms with Crippen LogP contribution in [0.5, 0.6) is 0 Å². The van der Waals surface area contributed by atoms with Gasteiger partial charge in [-0.1, -0.05) is 25.5 Å². The van der Waals surface area contributed by atoms with E-state index >= 15 is 0 Å². The van der Waals surface area contributed by atoms with Crippen LogP contribution in [-0.2, 0) is 16.0 Å². The lowest BCUT2D eigenvalue weighted by Gasteiger charge is -2.22. The number of rotatable bonds is 7. The Kier molecular flexibility index (Phi) is 6.75. The zero-order valence-electron chi connectivity index (χ0n) is 14.1. The summed E-state index contributed by atoms with van der Waals surface area (Å²) in [5.74, 6) is -1.37. The van der Waals surface area contributed by atoms with Crippen LogP contribution in [0.3, 0.4) is 0 Å². The molecule has 24 heavy (non-hydrogen) atoms. The SMILES string of the molecule is CCCCc1ccc(NC(=O)[C@H](O)[C@@H](O)C(=O)N2CCCC2)cc1. The normalized spacial score (nSPS) is 16.7. The van der Waals surface area contributed by atoms with Crippen LogP contribution >= 0.6 is 0 Å². The van der Waals surface area contributed by atoms with Gasteiger partial charge in [0.05, 0.1) is 0 Å². The number of unbranched alkanes of at least 4 members (excludes halogenated alkanes) is 1. The monoisotopic (exact) mass is 334 g/mol. The molecular formula is C18H26N2O4. The molecule has 0 saturated carbocycles. The number of aliphatic hydroxyl groups excluding tert-OH is 2. The minimum absolute atomic E-state index is 0.528. The first-order valence-electron chi connectivity index (χ1n) is 8.57. The van der Waals surface area contributed by atoms with Gasteiger partial charge in [0.25, 0.3) is 11.8 Å². The largest absolute Gasteiger partial charge is 0.380 e. The molecule has 1 saturated heterocycles. The first kappa shape index (κ1) is 18.4. The van der Waals surface area contributed by atoms with Crippen molar-refractivity contribution in [2.24, 2.45) is 0 Å². The van der Waals surface area contributed by atoms with E-state index < -0.39 is 24.0 Å². The van der Waals surface area contributed by atoms with Crippen molar-refractivity contribution in [3.63, 3.8) is 0 Å². The zero-order valence-corrected chi connectivity index (χ0v) is 14.1. The van der Waals surface area contributed by atoms with Crippen molar-refractivity contribution in [1.82, 2.24) is 4.90 Å². The van der Waals surface area contributed by atoms with Gasteiger partial charge in [-0.05, 0) is 43.4 Å². The summed E-state index contributed by atoms with van der Waals surface area (Å²) in [5, 5.41) is 22.4. The van der Waals surface area contributed by atoms with Crippen molar-refractivity contribution in [2.45, 2.75) is 51.2 Å². The standard InChI is InChI=1S/C18H26N2O4/c1-2-3-6-13-7-9-14(10-8-13)19-17(23)15(21)16(22)18(24)20-11-4-5-12-20/h7-10,15-16,21-22H,2-6,11-12H2,1H3,(H,19,23)/t15-,16-/m1/s1. The number of aliphatic hydroxyl groups is 2. The summed E-state index contributed by atoms with van der Waals surface area (Å²) in [5.41, 5.74) is 1.71. The third-order valence-electron chi connectivity index (χ3n) is 4.28. The summed E-state index contributed by atoms with van der Waals surface area (Å²) in [4.78, 5) is 25.5. The second-order valence-electron chi connectivity index (χ2n) is 6.21. The molecule has 1 fully saturated rings. The highest BCUT2D eigenvalue weighted by Crippen LogP contribution is 2.14. The number of aryl methyl sites for hydroxylation is 1. The predicted molar refractivity (Wildman–Crippen MR) is 91.5 cm³/mol. The number of carbonyl (C=O) groups is 2. The zero-order chi connectivity index (χ0) is 17.5. The minimum atomic E-state index is -1.78. The van der Waals surface area contributed by atoms with E-state index in [1.807, 2.05) is 12.1 Å². The van der Waals surface area contributed by atoms with Crippen LogP contribution in [0.25, 0.3) is 0 Å². The molecule has 0 unspecified atom stereocenters. The molecule has 132 valence electrons. The molecule has 0 aromatic heterocycles. The fraction of sp³-hybridized carbons (Fsp3) is 0.556. The van der Waals surface area contributed by atoms with Crippen LogP contribution in [0.4, 0.5) is 5.69 Å². The molecule has 0 aliphatic carbocycles. The van der Waals surface area contributed by atoms with Crippen molar-refractivity contribution in [3.8, 4) is 0 Å². The van der Waals surface area contributed by atoms with Gasteiger partial charge in [-0.2, -0.15) is 0 Å². The molecule has 6 heteroatoms. The molecule has 1 aliphatic heterocycles. The van der Waals surface area contributed by atoms with Gasteiger partial charge in [-0.3, -0.25) is 9.59 Å². The number of hydrogen-bond donors (Lipinski definition) is 3. The van der Waals surface area contributed by atoms with Crippen LogP contribution in [0, 0.1) is 0 Å². The molecule has 1 aromatic rings. The molecule has 6 nitrogen and oxygen atoms in total. The predicted octanol–water partition coefficient (Wildman–Crippen LogP) is 1.31. The van der Waals surface area contributed by atoms with Gasteiger partial charge < -0.3 is 20.4 Å². The molecule has 0 spiro atoms. The number of hydrogen-bond acceptors (Lipinski definition) is 4. The fourth-order valence-electron chi connectivity index (χ4n) is 2.75. The summed E-state index contributed by atoms with van der Waals surface area (Å²) in [6.07, 6.45) is 1.46. The molecule has 0 radical (unpaired) electrons. The van der Waals surface area contributed by atoms with E-state index in [2.05, 4.69) is 12.2 Å². The maximum Gasteiger partial charge on any atom is 0.256 e. The quantitative estimate of drug-likeness (QED) is 0.701. The number of amides is 2. The average Bonchev–Trinajstić information content (AvgIpc) is 3.13. The topological polar surface area (TPSA) is 89.9 Å². The van der Waals surface area contributed by atoms with Gasteiger partial charge in [0, 0.05) is 18.8 Å². The van der Waals surface area contributed by atoms with E-state index in [0.717, 1.165) is 32.1 Å². The molecule has 0 bridgehead atoms. The summed E-state index contributed by atoms with van der Waals surface area (Å²) < 4.78 is 0. The van der Waals surface area contributed by atoms with E-state index in [0.29, 0.717) is 18.8 Å². The van der Waals surface area contributed by atoms with Gasteiger partial charge in [-0.15, -0.1) is 0 Å². The Morgan fingerprint density at radius 3 is 2.33 bits per heavy atom. The molecule has 2 amide bonds. The van der Waals surface area contributed by atoms with Crippen molar-refractivity contribution in [3.05, 3.63) is 29.8 Å². The van der Waals surface area contributed by atoms with Crippen LogP contribution < -0.4 is 5.32 Å². The van der Waals surface area contributed by atoms with E-state index in [9.17, 15) is 19.8 Å². The van der Waals surface area contributed by atoms with Crippen LogP contribution in [0.15, 0.2) is 24.3 Å². The van der Waals surface area contributed by atoms with Gasteiger partial charge in [-0.25, -0.2) is 0 Å². The highest BCUT2D eigenvalue weighted by Gasteiger charge is 2.34. The lowest BCUT2D eigenvalue weighted by Crippen LogP contribution is -2.48. The van der Waals surface area contributed by atoms with Crippen molar-refractivity contribution >= 4 is 17.5 Å². The van der Waals surface area contributed by atoms with Crippen molar-refractivity contribution < 1.29 is 19.8 Å². The number of anilines is 1. The van der Waals surface area contributed by atoms with Gasteiger partial charge >= 0.3 is 0 Å². The molecule has 2 atom stereocenters. The molecular weight excluding hydrogens is 308 g/mol. The van der Waals surface area contributed by atoms with E-state index in [1.165, 1.54) is 10.5 Å². The summed E-state index contributed by atoms with van der Waals surface area (Å²) in [6.45, 7) is 3.25. The van der Waals surface area contributed by atoms with Gasteiger partial charge in [0.15, 0.2) is 12.2 Å². The number of nitrogens with one attached hydrogen (secondary N) is 1. The van der Waals surface area contributed by atoms with Crippen molar-refractivity contribution in [1.29, 1.82) is 0 Å². The van der Waals surface area contributed by atoms with Gasteiger partial charge in [0.2, 0.25) is 0 Å². The Morgan fingerprint density at radius 1 is 1.12 bits per heavy atom. The second kappa shape index (κ2) is 8.80. The summed E-state index contributed by atoms with van der Waals surface area (Å²) in [6, 6.07) is 7.35. The number of benzene rings is 1. The molecule has 1 aromatic carbocycles. The smallest absolute Gasteiger partial charge is 0.256 e. The fourth-order valence-corrected chi connectivity index (χ4v) is 2.75. The Labute approximate surface area is 142 Å². The second-order valence-corrected chi connectivity index (χ2v) is 6.21. The maximum atomic E-state index is 12.0. The third kappa shape index (κ3) is 4.79. The Bertz CT molecular complexity index is 553. The van der Waals surface area contributed by atoms with Crippen LogP contribution in [-0.4, -0.2) is 52.2 Å². The van der Waals surface area contributed by atoms with E-state index in [4.69, 9.17) is 0 Å². The third-order valence-corrected chi connectivity index (χ3v) is 4.28. The molecule has 1 aliphatic rings. The Balaban J connectivity index is 1.89. The highest BCUT2D eigenvalue weighted by molar-refractivity contribution is 5.98. The lowest BCUT2D eigenvalue weighted by atomic mass is 10.1. The first-order valence-corrected chi connectivity index (χ1v) is 8.57. The minimum Gasteiger partial charge on any atom is -0.380 e. The Morgan fingerprint density at radius 2 is 1.75 bits per heavy atom.